The molecule has 6 aromatic rings. The van der Waals surface area contributed by atoms with E-state index in [0.29, 0.717) is 19.2 Å². The second-order valence-corrected chi connectivity index (χ2v) is 9.24. The van der Waals surface area contributed by atoms with Crippen molar-refractivity contribution >= 4 is 39.4 Å². The second-order valence-electron chi connectivity index (χ2n) is 9.24. The fourth-order valence-electron chi connectivity index (χ4n) is 4.77. The van der Waals surface area contributed by atoms with Gasteiger partial charge in [-0.05, 0) is 35.9 Å². The van der Waals surface area contributed by atoms with Gasteiger partial charge >= 0.3 is 0 Å². The quantitative estimate of drug-likeness (QED) is 0.371. The van der Waals surface area contributed by atoms with Gasteiger partial charge in [-0.1, -0.05) is 30.3 Å². The van der Waals surface area contributed by atoms with Crippen LogP contribution < -0.4 is 10.2 Å². The Morgan fingerprint density at radius 1 is 0.895 bits per heavy atom. The number of aromatic nitrogens is 7. The lowest BCUT2D eigenvalue weighted by Gasteiger charge is -2.25. The molecule has 3 aromatic carbocycles. The van der Waals surface area contributed by atoms with Crippen molar-refractivity contribution in [2.24, 2.45) is 7.05 Å². The van der Waals surface area contributed by atoms with E-state index in [9.17, 15) is 0 Å². The van der Waals surface area contributed by atoms with Crippen LogP contribution in [0.1, 0.15) is 0 Å². The lowest BCUT2D eigenvalue weighted by atomic mass is 10.0. The first-order valence-electron chi connectivity index (χ1n) is 12.5. The number of benzene rings is 3. The Morgan fingerprint density at radius 2 is 1.76 bits per heavy atom. The highest BCUT2D eigenvalue weighted by Gasteiger charge is 2.15. The van der Waals surface area contributed by atoms with Gasteiger partial charge in [0, 0.05) is 48.4 Å². The van der Waals surface area contributed by atoms with Crippen LogP contribution in [0.15, 0.2) is 79.4 Å². The Bertz CT molecular complexity index is 1750. The number of fused-ring (bicyclic) bond motifs is 2. The summed E-state index contributed by atoms with van der Waals surface area (Å²) in [6.45, 7) is 3.01. The van der Waals surface area contributed by atoms with Gasteiger partial charge in [-0.15, -0.1) is 5.10 Å². The van der Waals surface area contributed by atoms with E-state index in [1.165, 1.54) is 0 Å². The number of rotatable bonds is 5. The van der Waals surface area contributed by atoms with Gasteiger partial charge < -0.3 is 15.0 Å². The third kappa shape index (κ3) is 4.10. The monoisotopic (exact) mass is 503 g/mol. The predicted molar refractivity (Wildman–Crippen MR) is 147 cm³/mol. The molecule has 0 aliphatic carbocycles. The Morgan fingerprint density at radius 3 is 2.63 bits per heavy atom. The highest BCUT2D eigenvalue weighted by Crippen LogP contribution is 2.30. The molecule has 38 heavy (non-hydrogen) atoms. The van der Waals surface area contributed by atoms with Gasteiger partial charge in [0.15, 0.2) is 0 Å². The molecule has 0 radical (unpaired) electrons. The first-order valence-corrected chi connectivity index (χ1v) is 12.5. The van der Waals surface area contributed by atoms with Gasteiger partial charge in [0.2, 0.25) is 11.9 Å². The number of ether oxygens (including phenoxy) is 1. The molecule has 1 N–H and O–H groups in total. The maximum Gasteiger partial charge on any atom is 0.245 e. The number of para-hydroxylation sites is 1. The molecule has 0 amide bonds. The summed E-state index contributed by atoms with van der Waals surface area (Å²) >= 11 is 0. The van der Waals surface area contributed by atoms with Crippen molar-refractivity contribution in [3.63, 3.8) is 0 Å². The summed E-state index contributed by atoms with van der Waals surface area (Å²) in [6, 6.07) is 20.5. The average molecular weight is 504 g/mol. The first kappa shape index (κ1) is 22.4. The van der Waals surface area contributed by atoms with Crippen LogP contribution in [-0.2, 0) is 11.8 Å². The zero-order valence-corrected chi connectivity index (χ0v) is 20.8. The summed E-state index contributed by atoms with van der Waals surface area (Å²) in [5.74, 6) is 1.26. The Balaban J connectivity index is 1.15. The zero-order valence-electron chi connectivity index (χ0n) is 20.8. The Hall–Kier alpha value is -4.83. The van der Waals surface area contributed by atoms with Crippen molar-refractivity contribution < 1.29 is 4.74 Å². The summed E-state index contributed by atoms with van der Waals surface area (Å²) in [4.78, 5) is 16.0. The minimum atomic E-state index is 0.537. The Kier molecular flexibility index (Phi) is 5.44. The lowest BCUT2D eigenvalue weighted by molar-refractivity contribution is 0.122. The number of morpholine rings is 1. The molecule has 0 unspecified atom stereocenters. The van der Waals surface area contributed by atoms with Crippen molar-refractivity contribution in [3.05, 3.63) is 79.4 Å². The standard InChI is InChI=1S/C28H25N9O/c1-35-25-15-19(5-6-20(25)17-31-35)24-4-2-3-21-16-29-27(33-26(21)24)32-22-7-9-23(10-8-22)37-18-30-28(34-37)36-11-13-38-14-12-36/h2-10,15-18H,11-14H2,1H3,(H,29,32,33). The molecule has 4 heterocycles. The van der Waals surface area contributed by atoms with Crippen LogP contribution >= 0.6 is 0 Å². The van der Waals surface area contributed by atoms with Gasteiger partial charge in [0.05, 0.1) is 36.1 Å². The molecule has 188 valence electrons. The molecular formula is C28H25N9O. The summed E-state index contributed by atoms with van der Waals surface area (Å²) < 4.78 is 9.09. The normalized spacial score (nSPS) is 13.9. The molecule has 1 fully saturated rings. The fraction of sp³-hybridized carbons (Fsp3) is 0.179. The van der Waals surface area contributed by atoms with E-state index in [4.69, 9.17) is 9.72 Å². The van der Waals surface area contributed by atoms with Crippen LogP contribution in [0.4, 0.5) is 17.6 Å². The number of nitrogens with zero attached hydrogens (tertiary/aromatic N) is 8. The smallest absolute Gasteiger partial charge is 0.245 e. The van der Waals surface area contributed by atoms with Crippen LogP contribution in [0.2, 0.25) is 0 Å². The molecule has 1 saturated heterocycles. The zero-order chi connectivity index (χ0) is 25.5. The molecule has 0 saturated carbocycles. The van der Waals surface area contributed by atoms with Crippen molar-refractivity contribution in [1.29, 1.82) is 0 Å². The average Bonchev–Trinajstić information content (AvgIpc) is 3.61. The molecule has 0 atom stereocenters. The molecular weight excluding hydrogens is 478 g/mol. The SMILES string of the molecule is Cn1ncc2ccc(-c3cccc4cnc(Nc5ccc(-n6cnc(N7CCOCC7)n6)cc5)nc34)cc21. The molecule has 1 aliphatic rings. The van der Waals surface area contributed by atoms with Gasteiger partial charge in [-0.2, -0.15) is 10.1 Å². The van der Waals surface area contributed by atoms with E-state index in [2.05, 4.69) is 54.6 Å². The Labute approximate surface area is 218 Å². The topological polar surface area (TPSA) is 98.8 Å². The molecule has 1 aliphatic heterocycles. The van der Waals surface area contributed by atoms with Crippen molar-refractivity contribution in [2.75, 3.05) is 36.5 Å². The summed E-state index contributed by atoms with van der Waals surface area (Å²) in [7, 11) is 1.95. The summed E-state index contributed by atoms with van der Waals surface area (Å²) in [5, 5.41) is 14.4. The summed E-state index contributed by atoms with van der Waals surface area (Å²) in [5.41, 5.74) is 5.92. The number of nitrogens with one attached hydrogen (secondary N) is 1. The number of aryl methyl sites for hydroxylation is 1. The third-order valence-corrected chi connectivity index (χ3v) is 6.83. The van der Waals surface area contributed by atoms with E-state index in [0.717, 1.165) is 63.3 Å². The highest BCUT2D eigenvalue weighted by molar-refractivity contribution is 5.96. The molecule has 10 nitrogen and oxygen atoms in total. The minimum absolute atomic E-state index is 0.537. The van der Waals surface area contributed by atoms with E-state index in [-0.39, 0.29) is 0 Å². The van der Waals surface area contributed by atoms with E-state index < -0.39 is 0 Å². The largest absolute Gasteiger partial charge is 0.378 e. The first-order chi connectivity index (χ1) is 18.7. The second kappa shape index (κ2) is 9.24. The van der Waals surface area contributed by atoms with Crippen molar-refractivity contribution in [1.82, 2.24) is 34.5 Å². The third-order valence-electron chi connectivity index (χ3n) is 6.83. The fourth-order valence-corrected chi connectivity index (χ4v) is 4.77. The number of anilines is 3. The maximum absolute atomic E-state index is 5.42. The van der Waals surface area contributed by atoms with Crippen molar-refractivity contribution in [3.8, 4) is 16.8 Å². The van der Waals surface area contributed by atoms with E-state index in [1.54, 1.807) is 11.0 Å². The summed E-state index contributed by atoms with van der Waals surface area (Å²) in [6.07, 6.45) is 5.47. The van der Waals surface area contributed by atoms with E-state index in [1.807, 2.05) is 60.5 Å². The van der Waals surface area contributed by atoms with Gasteiger partial charge in [-0.3, -0.25) is 4.68 Å². The predicted octanol–water partition coefficient (Wildman–Crippen LogP) is 4.34. The van der Waals surface area contributed by atoms with Crippen LogP contribution in [0.3, 0.4) is 0 Å². The van der Waals surface area contributed by atoms with Crippen molar-refractivity contribution in [2.45, 2.75) is 0 Å². The van der Waals surface area contributed by atoms with E-state index >= 15 is 0 Å². The van der Waals surface area contributed by atoms with Gasteiger partial charge in [0.1, 0.15) is 6.33 Å². The molecule has 10 heteroatoms. The molecule has 7 rings (SSSR count). The molecule has 0 spiro atoms. The maximum atomic E-state index is 5.42. The lowest BCUT2D eigenvalue weighted by Crippen LogP contribution is -2.37. The minimum Gasteiger partial charge on any atom is -0.378 e. The van der Waals surface area contributed by atoms with Gasteiger partial charge in [-0.25, -0.2) is 14.6 Å². The van der Waals surface area contributed by atoms with Crippen LogP contribution in [0, 0.1) is 0 Å². The van der Waals surface area contributed by atoms with Crippen LogP contribution in [0.5, 0.6) is 0 Å². The number of hydrogen-bond donors (Lipinski definition) is 1. The van der Waals surface area contributed by atoms with Crippen LogP contribution in [-0.4, -0.2) is 60.8 Å². The van der Waals surface area contributed by atoms with Gasteiger partial charge in [0.25, 0.3) is 0 Å². The number of hydrogen-bond acceptors (Lipinski definition) is 8. The molecule has 3 aromatic heterocycles. The highest BCUT2D eigenvalue weighted by atomic mass is 16.5. The molecule has 0 bridgehead atoms. The van der Waals surface area contributed by atoms with Crippen LogP contribution in [0.25, 0.3) is 38.6 Å².